The molecule has 0 spiro atoms. The molecule has 0 bridgehead atoms. The summed E-state index contributed by atoms with van der Waals surface area (Å²) in [5, 5.41) is 4.44. The molecule has 0 saturated heterocycles. The molecule has 0 N–H and O–H groups in total. The van der Waals surface area contributed by atoms with Crippen molar-refractivity contribution in [2.24, 2.45) is 12.0 Å². The van der Waals surface area contributed by atoms with Gasteiger partial charge in [0.1, 0.15) is 0 Å². The van der Waals surface area contributed by atoms with E-state index >= 15 is 0 Å². The number of hydrogen-bond donors (Lipinski definition) is 0. The number of nitrogens with zero attached hydrogens (tertiary/aromatic N) is 3. The average molecular weight is 207 g/mol. The first-order valence-corrected chi connectivity index (χ1v) is 5.02. The number of isocyanates is 1. The fourth-order valence-electron chi connectivity index (χ4n) is 1.57. The topological polar surface area (TPSA) is 47.2 Å². The van der Waals surface area contributed by atoms with Gasteiger partial charge in [-0.3, -0.25) is 4.68 Å². The molecule has 82 valence electrons. The minimum atomic E-state index is 0.0293. The van der Waals surface area contributed by atoms with Gasteiger partial charge in [-0.25, -0.2) is 9.79 Å². The van der Waals surface area contributed by atoms with Crippen molar-refractivity contribution in [3.05, 3.63) is 17.5 Å². The molecule has 15 heavy (non-hydrogen) atoms. The molecule has 1 rings (SSSR count). The SMILES string of the molecule is Cn1cc(CCN=C=O)c(C(C)(C)C)n1. The van der Waals surface area contributed by atoms with Crippen molar-refractivity contribution in [2.45, 2.75) is 32.6 Å². The van der Waals surface area contributed by atoms with E-state index in [1.807, 2.05) is 13.2 Å². The minimum absolute atomic E-state index is 0.0293. The van der Waals surface area contributed by atoms with Gasteiger partial charge in [0.25, 0.3) is 0 Å². The van der Waals surface area contributed by atoms with Gasteiger partial charge >= 0.3 is 0 Å². The van der Waals surface area contributed by atoms with Crippen LogP contribution in [0.1, 0.15) is 32.0 Å². The molecule has 0 amide bonds. The molecule has 0 atom stereocenters. The van der Waals surface area contributed by atoms with Gasteiger partial charge in [-0.1, -0.05) is 20.8 Å². The van der Waals surface area contributed by atoms with E-state index in [0.29, 0.717) is 6.54 Å². The monoisotopic (exact) mass is 207 g/mol. The van der Waals surface area contributed by atoms with Crippen LogP contribution in [-0.4, -0.2) is 22.4 Å². The Labute approximate surface area is 90.0 Å². The third kappa shape index (κ3) is 3.03. The number of rotatable bonds is 3. The highest BCUT2D eigenvalue weighted by molar-refractivity contribution is 5.33. The second-order valence-corrected chi connectivity index (χ2v) is 4.65. The average Bonchev–Trinajstić information content (AvgIpc) is 2.47. The summed E-state index contributed by atoms with van der Waals surface area (Å²) in [6.07, 6.45) is 4.28. The van der Waals surface area contributed by atoms with Gasteiger partial charge in [-0.05, 0) is 12.0 Å². The van der Waals surface area contributed by atoms with Crippen molar-refractivity contribution in [3.8, 4) is 0 Å². The van der Waals surface area contributed by atoms with Crippen LogP contribution in [0.4, 0.5) is 0 Å². The van der Waals surface area contributed by atoms with E-state index in [4.69, 9.17) is 0 Å². The van der Waals surface area contributed by atoms with E-state index in [0.717, 1.165) is 17.7 Å². The van der Waals surface area contributed by atoms with Crippen LogP contribution in [0, 0.1) is 0 Å². The van der Waals surface area contributed by atoms with Crippen molar-refractivity contribution >= 4 is 6.08 Å². The van der Waals surface area contributed by atoms with Crippen LogP contribution in [0.2, 0.25) is 0 Å². The molecule has 0 unspecified atom stereocenters. The normalized spacial score (nSPS) is 11.2. The van der Waals surface area contributed by atoms with Gasteiger partial charge in [-0.2, -0.15) is 5.10 Å². The quantitative estimate of drug-likeness (QED) is 0.558. The Morgan fingerprint density at radius 3 is 2.73 bits per heavy atom. The molecule has 0 aliphatic rings. The maximum absolute atomic E-state index is 9.97. The number of carbonyl (C=O) groups excluding carboxylic acids is 1. The second kappa shape index (κ2) is 4.41. The van der Waals surface area contributed by atoms with Crippen molar-refractivity contribution < 1.29 is 4.79 Å². The van der Waals surface area contributed by atoms with E-state index in [-0.39, 0.29) is 5.41 Å². The van der Waals surface area contributed by atoms with Crippen LogP contribution in [-0.2, 0) is 23.7 Å². The lowest BCUT2D eigenvalue weighted by atomic mass is 9.89. The number of hydrogen-bond acceptors (Lipinski definition) is 3. The number of aliphatic imine (C=N–C) groups is 1. The predicted octanol–water partition coefficient (Wildman–Crippen LogP) is 1.60. The summed E-state index contributed by atoms with van der Waals surface area (Å²) in [5.74, 6) is 0. The standard InChI is InChI=1S/C11H17N3O/c1-11(2,3)10-9(5-6-12-8-15)7-14(4)13-10/h7H,5-6H2,1-4H3. The van der Waals surface area contributed by atoms with Gasteiger partial charge in [0.15, 0.2) is 0 Å². The van der Waals surface area contributed by atoms with Gasteiger partial charge in [0.2, 0.25) is 6.08 Å². The summed E-state index contributed by atoms with van der Waals surface area (Å²) < 4.78 is 1.81. The van der Waals surface area contributed by atoms with Gasteiger partial charge in [0.05, 0.1) is 12.2 Å². The zero-order valence-corrected chi connectivity index (χ0v) is 9.74. The highest BCUT2D eigenvalue weighted by Gasteiger charge is 2.21. The van der Waals surface area contributed by atoms with Crippen LogP contribution in [0.3, 0.4) is 0 Å². The van der Waals surface area contributed by atoms with Crippen molar-refractivity contribution in [2.75, 3.05) is 6.54 Å². The van der Waals surface area contributed by atoms with Crippen molar-refractivity contribution in [1.29, 1.82) is 0 Å². The molecule has 0 aliphatic heterocycles. The molecule has 0 radical (unpaired) electrons. The van der Waals surface area contributed by atoms with Gasteiger partial charge in [-0.15, -0.1) is 0 Å². The lowest BCUT2D eigenvalue weighted by Crippen LogP contribution is -2.15. The van der Waals surface area contributed by atoms with Crippen molar-refractivity contribution in [1.82, 2.24) is 9.78 Å². The lowest BCUT2D eigenvalue weighted by Gasteiger charge is -2.16. The molecule has 1 aromatic rings. The Morgan fingerprint density at radius 1 is 1.53 bits per heavy atom. The smallest absolute Gasteiger partial charge is 0.234 e. The number of aryl methyl sites for hydroxylation is 1. The van der Waals surface area contributed by atoms with E-state index in [1.54, 1.807) is 10.8 Å². The van der Waals surface area contributed by atoms with E-state index < -0.39 is 0 Å². The lowest BCUT2D eigenvalue weighted by molar-refractivity contribution is 0.547. The van der Waals surface area contributed by atoms with Gasteiger partial charge in [0, 0.05) is 18.7 Å². The summed E-state index contributed by atoms with van der Waals surface area (Å²) in [6, 6.07) is 0. The maximum atomic E-state index is 9.97. The van der Waals surface area contributed by atoms with Crippen LogP contribution >= 0.6 is 0 Å². The summed E-state index contributed by atoms with van der Waals surface area (Å²) >= 11 is 0. The van der Waals surface area contributed by atoms with E-state index in [9.17, 15) is 4.79 Å². The fourth-order valence-corrected chi connectivity index (χ4v) is 1.57. The van der Waals surface area contributed by atoms with Crippen LogP contribution in [0.15, 0.2) is 11.2 Å². The summed E-state index contributed by atoms with van der Waals surface area (Å²) in [5.41, 5.74) is 2.26. The van der Waals surface area contributed by atoms with Crippen molar-refractivity contribution in [3.63, 3.8) is 0 Å². The Bertz CT molecular complexity index is 381. The first-order chi connectivity index (χ1) is 6.95. The third-order valence-electron chi connectivity index (χ3n) is 2.17. The molecular weight excluding hydrogens is 190 g/mol. The summed E-state index contributed by atoms with van der Waals surface area (Å²) in [4.78, 5) is 13.5. The molecule has 1 heterocycles. The predicted molar refractivity (Wildman–Crippen MR) is 58.6 cm³/mol. The molecule has 0 aromatic carbocycles. The summed E-state index contributed by atoms with van der Waals surface area (Å²) in [6.45, 7) is 6.86. The zero-order valence-electron chi connectivity index (χ0n) is 9.74. The van der Waals surface area contributed by atoms with E-state index in [2.05, 4.69) is 30.9 Å². The Kier molecular flexibility index (Phi) is 3.43. The maximum Gasteiger partial charge on any atom is 0.234 e. The van der Waals surface area contributed by atoms with Crippen LogP contribution in [0.25, 0.3) is 0 Å². The molecule has 0 saturated carbocycles. The number of aromatic nitrogens is 2. The third-order valence-corrected chi connectivity index (χ3v) is 2.17. The molecule has 0 aliphatic carbocycles. The molecular formula is C11H17N3O. The largest absolute Gasteiger partial charge is 0.275 e. The fraction of sp³-hybridized carbons (Fsp3) is 0.636. The molecule has 0 fully saturated rings. The minimum Gasteiger partial charge on any atom is -0.275 e. The second-order valence-electron chi connectivity index (χ2n) is 4.65. The molecule has 1 aromatic heterocycles. The highest BCUT2D eigenvalue weighted by atomic mass is 16.1. The van der Waals surface area contributed by atoms with E-state index in [1.165, 1.54) is 0 Å². The first kappa shape index (κ1) is 11.7. The first-order valence-electron chi connectivity index (χ1n) is 5.02. The Balaban J connectivity index is 2.91. The zero-order chi connectivity index (χ0) is 11.5. The molecule has 4 nitrogen and oxygen atoms in total. The van der Waals surface area contributed by atoms with Crippen LogP contribution in [0.5, 0.6) is 0 Å². The Morgan fingerprint density at radius 2 is 2.20 bits per heavy atom. The van der Waals surface area contributed by atoms with Gasteiger partial charge < -0.3 is 0 Å². The molecule has 4 heteroatoms. The van der Waals surface area contributed by atoms with Crippen LogP contribution < -0.4 is 0 Å². The highest BCUT2D eigenvalue weighted by Crippen LogP contribution is 2.24. The Hall–Kier alpha value is -1.41. The summed E-state index contributed by atoms with van der Waals surface area (Å²) in [7, 11) is 1.90.